The van der Waals surface area contributed by atoms with E-state index < -0.39 is 49.5 Å². The number of aliphatic hydroxyl groups is 5. The van der Waals surface area contributed by atoms with Crippen LogP contribution in [-0.2, 0) is 14.3 Å². The van der Waals surface area contributed by atoms with Crippen LogP contribution >= 0.6 is 0 Å². The number of rotatable bonds is 53. The average Bonchev–Trinajstić information content (AvgIpc) is 3.34. The van der Waals surface area contributed by atoms with Crippen LogP contribution in [0.25, 0.3) is 0 Å². The summed E-state index contributed by atoms with van der Waals surface area (Å²) >= 11 is 0. The van der Waals surface area contributed by atoms with E-state index in [1.54, 1.807) is 0 Å². The topological polar surface area (TPSA) is 149 Å². The van der Waals surface area contributed by atoms with Crippen LogP contribution in [0.2, 0.25) is 0 Å². The Kier molecular flexibility index (Phi) is 47.7. The lowest BCUT2D eigenvalue weighted by Gasteiger charge is -2.40. The highest BCUT2D eigenvalue weighted by molar-refractivity contribution is 5.76. The standard InChI is InChI=1S/C59H117NO8/c1-3-5-7-9-11-13-15-17-18-19-20-21-22-23-24-25-26-27-28-29-30-31-32-33-34-35-36-37-38-40-42-44-46-48-53(62)52(51-67-59-58(66)57(65)56(64)54(50-61)68-59)60-55(63)49-47-45-43-41-39-16-14-12-10-8-6-4-2/h52-54,56-59,61-62,64-66H,3-51H2,1-2H3,(H,60,63). The van der Waals surface area contributed by atoms with Gasteiger partial charge in [-0.25, -0.2) is 0 Å². The average molecular weight is 969 g/mol. The second-order valence-electron chi connectivity index (χ2n) is 21.5. The third kappa shape index (κ3) is 38.8. The van der Waals surface area contributed by atoms with Crippen molar-refractivity contribution < 1.29 is 39.8 Å². The molecule has 0 aliphatic carbocycles. The minimum Gasteiger partial charge on any atom is -0.394 e. The van der Waals surface area contributed by atoms with Crippen molar-refractivity contribution in [2.75, 3.05) is 13.2 Å². The van der Waals surface area contributed by atoms with Crippen LogP contribution in [0.3, 0.4) is 0 Å². The summed E-state index contributed by atoms with van der Waals surface area (Å²) in [5, 5.41) is 54.6. The number of aliphatic hydroxyl groups excluding tert-OH is 5. The van der Waals surface area contributed by atoms with Crippen molar-refractivity contribution in [2.24, 2.45) is 0 Å². The second-order valence-corrected chi connectivity index (χ2v) is 21.5. The van der Waals surface area contributed by atoms with Crippen molar-refractivity contribution in [2.45, 2.75) is 358 Å². The molecule has 9 nitrogen and oxygen atoms in total. The molecule has 0 bridgehead atoms. The van der Waals surface area contributed by atoms with Crippen LogP contribution < -0.4 is 5.32 Å². The van der Waals surface area contributed by atoms with E-state index >= 15 is 0 Å². The zero-order valence-corrected chi connectivity index (χ0v) is 45.2. The molecule has 1 rings (SSSR count). The summed E-state index contributed by atoms with van der Waals surface area (Å²) in [4.78, 5) is 13.0. The van der Waals surface area contributed by atoms with Gasteiger partial charge in [-0.05, 0) is 12.8 Å². The lowest BCUT2D eigenvalue weighted by atomic mass is 9.99. The quantitative estimate of drug-likeness (QED) is 0.0330. The smallest absolute Gasteiger partial charge is 0.220 e. The minimum atomic E-state index is -1.55. The number of nitrogens with one attached hydrogen (secondary N) is 1. The summed E-state index contributed by atoms with van der Waals surface area (Å²) in [5.74, 6) is -0.139. The van der Waals surface area contributed by atoms with Gasteiger partial charge in [0.05, 0.1) is 25.4 Å². The summed E-state index contributed by atoms with van der Waals surface area (Å²) in [6.45, 7) is 3.87. The van der Waals surface area contributed by atoms with Crippen molar-refractivity contribution in [1.29, 1.82) is 0 Å². The molecule has 0 saturated carbocycles. The molecule has 0 radical (unpaired) electrons. The molecule has 68 heavy (non-hydrogen) atoms. The Morgan fingerprint density at radius 2 is 0.735 bits per heavy atom. The van der Waals surface area contributed by atoms with Gasteiger partial charge in [0.1, 0.15) is 24.4 Å². The van der Waals surface area contributed by atoms with E-state index in [1.807, 2.05) is 0 Å². The molecule has 406 valence electrons. The molecular formula is C59H117NO8. The van der Waals surface area contributed by atoms with Gasteiger partial charge >= 0.3 is 0 Å². The van der Waals surface area contributed by atoms with E-state index in [-0.39, 0.29) is 12.5 Å². The van der Waals surface area contributed by atoms with Crippen LogP contribution in [-0.4, -0.2) is 87.5 Å². The summed E-state index contributed by atoms with van der Waals surface area (Å²) in [5.41, 5.74) is 0. The summed E-state index contributed by atoms with van der Waals surface area (Å²) in [6.07, 6.45) is 53.1. The Hall–Kier alpha value is -0.810. The number of ether oxygens (including phenoxy) is 2. The molecule has 1 fully saturated rings. The zero-order valence-electron chi connectivity index (χ0n) is 45.2. The van der Waals surface area contributed by atoms with E-state index in [9.17, 15) is 30.3 Å². The van der Waals surface area contributed by atoms with E-state index in [0.717, 1.165) is 38.5 Å². The highest BCUT2D eigenvalue weighted by Crippen LogP contribution is 2.24. The Morgan fingerprint density at radius 3 is 1.04 bits per heavy atom. The molecule has 1 saturated heterocycles. The van der Waals surface area contributed by atoms with Gasteiger partial charge in [0, 0.05) is 6.42 Å². The van der Waals surface area contributed by atoms with Gasteiger partial charge in [-0.1, -0.05) is 296 Å². The van der Waals surface area contributed by atoms with Crippen LogP contribution in [0.1, 0.15) is 316 Å². The van der Waals surface area contributed by atoms with Crippen LogP contribution in [0.5, 0.6) is 0 Å². The van der Waals surface area contributed by atoms with Crippen molar-refractivity contribution in [3.8, 4) is 0 Å². The number of carbonyl (C=O) groups is 1. The maximum atomic E-state index is 13.0. The second kappa shape index (κ2) is 49.8. The van der Waals surface area contributed by atoms with Gasteiger partial charge < -0.3 is 40.3 Å². The van der Waals surface area contributed by atoms with Crippen molar-refractivity contribution in [3.63, 3.8) is 0 Å². The molecule has 0 aromatic heterocycles. The molecule has 7 atom stereocenters. The normalized spacial score (nSPS) is 19.4. The number of amides is 1. The predicted octanol–water partition coefficient (Wildman–Crippen LogP) is 15.0. The van der Waals surface area contributed by atoms with Crippen LogP contribution in [0.4, 0.5) is 0 Å². The molecule has 0 aromatic rings. The highest BCUT2D eigenvalue weighted by atomic mass is 16.7. The van der Waals surface area contributed by atoms with Gasteiger partial charge in [0.2, 0.25) is 5.91 Å². The molecule has 9 heteroatoms. The van der Waals surface area contributed by atoms with Gasteiger partial charge in [-0.3, -0.25) is 4.79 Å². The molecule has 7 unspecified atom stereocenters. The lowest BCUT2D eigenvalue weighted by molar-refractivity contribution is -0.302. The van der Waals surface area contributed by atoms with Crippen molar-refractivity contribution in [1.82, 2.24) is 5.32 Å². The van der Waals surface area contributed by atoms with Crippen molar-refractivity contribution >= 4 is 5.91 Å². The van der Waals surface area contributed by atoms with Gasteiger partial charge in [0.15, 0.2) is 6.29 Å². The molecular weight excluding hydrogens is 851 g/mol. The Balaban J connectivity index is 2.07. The largest absolute Gasteiger partial charge is 0.394 e. The third-order valence-corrected chi connectivity index (χ3v) is 15.0. The Labute approximate surface area is 421 Å². The number of unbranched alkanes of at least 4 members (excludes halogenated alkanes) is 43. The fraction of sp³-hybridized carbons (Fsp3) is 0.983. The monoisotopic (exact) mass is 968 g/mol. The first-order chi connectivity index (χ1) is 33.3. The predicted molar refractivity (Wildman–Crippen MR) is 286 cm³/mol. The zero-order chi connectivity index (χ0) is 49.4. The van der Waals surface area contributed by atoms with E-state index in [2.05, 4.69) is 19.2 Å². The molecule has 1 amide bonds. The molecule has 1 heterocycles. The molecule has 1 aliphatic rings. The molecule has 0 spiro atoms. The fourth-order valence-electron chi connectivity index (χ4n) is 10.2. The first-order valence-electron chi connectivity index (χ1n) is 30.2. The number of hydrogen-bond acceptors (Lipinski definition) is 8. The van der Waals surface area contributed by atoms with E-state index in [1.165, 1.54) is 250 Å². The van der Waals surface area contributed by atoms with E-state index in [4.69, 9.17) is 9.47 Å². The number of carbonyl (C=O) groups excluding carboxylic acids is 1. The lowest BCUT2D eigenvalue weighted by Crippen LogP contribution is -2.60. The van der Waals surface area contributed by atoms with Crippen molar-refractivity contribution in [3.05, 3.63) is 0 Å². The SMILES string of the molecule is CCCCCCCCCCCCCCCCCCCCCCCCCCCCCCCCCCCC(O)C(COC1OC(CO)C(O)C(O)C1O)NC(=O)CCCCCCCCCCCCCC. The third-order valence-electron chi connectivity index (χ3n) is 15.0. The molecule has 0 aromatic carbocycles. The van der Waals surface area contributed by atoms with Crippen LogP contribution in [0, 0.1) is 0 Å². The summed E-state index contributed by atoms with van der Waals surface area (Å²) in [7, 11) is 0. The minimum absolute atomic E-state index is 0.131. The first-order valence-corrected chi connectivity index (χ1v) is 30.2. The molecule has 1 aliphatic heterocycles. The van der Waals surface area contributed by atoms with Gasteiger partial charge in [-0.15, -0.1) is 0 Å². The summed E-state index contributed by atoms with van der Waals surface area (Å²) < 4.78 is 11.3. The maximum Gasteiger partial charge on any atom is 0.220 e. The number of hydrogen-bond donors (Lipinski definition) is 6. The maximum absolute atomic E-state index is 13.0. The fourth-order valence-corrected chi connectivity index (χ4v) is 10.2. The van der Waals surface area contributed by atoms with Crippen LogP contribution in [0.15, 0.2) is 0 Å². The first kappa shape index (κ1) is 65.2. The molecule has 6 N–H and O–H groups in total. The Morgan fingerprint density at radius 1 is 0.441 bits per heavy atom. The summed E-state index contributed by atoms with van der Waals surface area (Å²) in [6, 6.07) is -0.712. The highest BCUT2D eigenvalue weighted by Gasteiger charge is 2.44. The van der Waals surface area contributed by atoms with Gasteiger partial charge in [0.25, 0.3) is 0 Å². The Bertz CT molecular complexity index is 1030. The van der Waals surface area contributed by atoms with E-state index in [0.29, 0.717) is 12.8 Å². The van der Waals surface area contributed by atoms with Gasteiger partial charge in [-0.2, -0.15) is 0 Å².